The number of methoxy groups -OCH3 is 1. The molecule has 0 bridgehead atoms. The Hall–Kier alpha value is -2.20. The molecule has 0 fully saturated rings. The van der Waals surface area contributed by atoms with Crippen molar-refractivity contribution >= 4 is 17.5 Å². The lowest BCUT2D eigenvalue weighted by molar-refractivity contribution is -0.119. The predicted molar refractivity (Wildman–Crippen MR) is 91.1 cm³/mol. The number of benzene rings is 2. The van der Waals surface area contributed by atoms with Crippen LogP contribution in [-0.4, -0.2) is 19.6 Å². The quantitative estimate of drug-likeness (QED) is 0.748. The van der Waals surface area contributed by atoms with Gasteiger partial charge in [-0.05, 0) is 43.2 Å². The first kappa shape index (κ1) is 17.2. The highest BCUT2D eigenvalue weighted by atomic mass is 35.5. The Bertz CT molecular complexity index is 646. The number of para-hydroxylation sites is 1. The average molecular weight is 334 g/mol. The van der Waals surface area contributed by atoms with Crippen molar-refractivity contribution in [2.45, 2.75) is 18.8 Å². The minimum atomic E-state index is -0.456. The second-order valence-corrected chi connectivity index (χ2v) is 5.58. The number of hydrogen-bond donors (Lipinski definition) is 1. The van der Waals surface area contributed by atoms with E-state index < -0.39 is 11.8 Å². The molecule has 2 rings (SSSR count). The molecule has 0 aromatic heterocycles. The van der Waals surface area contributed by atoms with Gasteiger partial charge in [0, 0.05) is 10.6 Å². The molecule has 1 amide bonds. The molecule has 0 spiro atoms. The predicted octanol–water partition coefficient (Wildman–Crippen LogP) is 3.78. The van der Waals surface area contributed by atoms with E-state index in [0.717, 1.165) is 5.75 Å². The third kappa shape index (κ3) is 4.89. The normalized spacial score (nSPS) is 11.7. The first-order chi connectivity index (χ1) is 11.1. The largest absolute Gasteiger partial charge is 0.496 e. The molecule has 1 unspecified atom stereocenters. The van der Waals surface area contributed by atoms with Gasteiger partial charge in [0.25, 0.3) is 0 Å². The third-order valence-corrected chi connectivity index (χ3v) is 3.79. The molecular weight excluding hydrogens is 314 g/mol. The summed E-state index contributed by atoms with van der Waals surface area (Å²) in [7, 11) is 1.56. The lowest BCUT2D eigenvalue weighted by atomic mass is 9.93. The highest BCUT2D eigenvalue weighted by Crippen LogP contribution is 2.32. The van der Waals surface area contributed by atoms with E-state index in [1.54, 1.807) is 25.3 Å². The van der Waals surface area contributed by atoms with Crippen LogP contribution in [0.3, 0.4) is 0 Å². The number of hydrogen-bond acceptors (Lipinski definition) is 3. The molecule has 2 aromatic carbocycles. The van der Waals surface area contributed by atoms with Crippen molar-refractivity contribution in [3.8, 4) is 11.5 Å². The van der Waals surface area contributed by atoms with Crippen LogP contribution in [0.25, 0.3) is 0 Å². The summed E-state index contributed by atoms with van der Waals surface area (Å²) in [5, 5.41) is 0.549. The number of amides is 1. The minimum absolute atomic E-state index is 0.398. The Kier molecular flexibility index (Phi) is 6.29. The van der Waals surface area contributed by atoms with Gasteiger partial charge in [-0.25, -0.2) is 0 Å². The molecule has 0 saturated carbocycles. The number of primary amides is 1. The van der Waals surface area contributed by atoms with Gasteiger partial charge in [0.1, 0.15) is 11.5 Å². The Morgan fingerprint density at radius 2 is 1.96 bits per heavy atom. The zero-order valence-corrected chi connectivity index (χ0v) is 13.8. The molecule has 4 nitrogen and oxygen atoms in total. The Balaban J connectivity index is 1.99. The number of ether oxygens (including phenoxy) is 2. The Morgan fingerprint density at radius 3 is 2.61 bits per heavy atom. The highest BCUT2D eigenvalue weighted by Gasteiger charge is 2.21. The zero-order chi connectivity index (χ0) is 16.7. The fourth-order valence-electron chi connectivity index (χ4n) is 2.42. The summed E-state index contributed by atoms with van der Waals surface area (Å²) in [4.78, 5) is 11.8. The molecule has 0 heterocycles. The molecule has 0 saturated heterocycles. The van der Waals surface area contributed by atoms with Crippen LogP contribution in [0.1, 0.15) is 24.3 Å². The van der Waals surface area contributed by atoms with Crippen molar-refractivity contribution in [1.29, 1.82) is 0 Å². The Morgan fingerprint density at radius 1 is 1.22 bits per heavy atom. The van der Waals surface area contributed by atoms with Gasteiger partial charge in [0.15, 0.2) is 0 Å². The van der Waals surface area contributed by atoms with E-state index in [1.165, 1.54) is 0 Å². The lowest BCUT2D eigenvalue weighted by Crippen LogP contribution is -2.22. The van der Waals surface area contributed by atoms with Crippen LogP contribution < -0.4 is 15.2 Å². The van der Waals surface area contributed by atoms with E-state index in [9.17, 15) is 4.79 Å². The SMILES string of the molecule is COc1ccc(Cl)cc1C(CCCOc1ccccc1)C(N)=O. The van der Waals surface area contributed by atoms with E-state index in [0.29, 0.717) is 35.8 Å². The first-order valence-corrected chi connectivity index (χ1v) is 7.80. The van der Waals surface area contributed by atoms with Gasteiger partial charge in [-0.15, -0.1) is 0 Å². The van der Waals surface area contributed by atoms with Crippen LogP contribution in [0.15, 0.2) is 48.5 Å². The summed E-state index contributed by atoms with van der Waals surface area (Å²) in [6.07, 6.45) is 1.26. The van der Waals surface area contributed by atoms with E-state index in [1.807, 2.05) is 30.3 Å². The van der Waals surface area contributed by atoms with E-state index in [-0.39, 0.29) is 0 Å². The molecule has 0 aliphatic rings. The van der Waals surface area contributed by atoms with Crippen LogP contribution in [0.2, 0.25) is 5.02 Å². The summed E-state index contributed by atoms with van der Waals surface area (Å²) >= 11 is 6.03. The van der Waals surface area contributed by atoms with Gasteiger partial charge in [0.2, 0.25) is 5.91 Å². The van der Waals surface area contributed by atoms with Gasteiger partial charge in [0.05, 0.1) is 19.6 Å². The molecule has 5 heteroatoms. The monoisotopic (exact) mass is 333 g/mol. The van der Waals surface area contributed by atoms with E-state index in [4.69, 9.17) is 26.8 Å². The van der Waals surface area contributed by atoms with Crippen molar-refractivity contribution in [2.24, 2.45) is 5.73 Å². The second-order valence-electron chi connectivity index (χ2n) is 5.14. The summed E-state index contributed by atoms with van der Waals surface area (Å²) in [6.45, 7) is 0.511. The van der Waals surface area contributed by atoms with Crippen LogP contribution >= 0.6 is 11.6 Å². The molecule has 0 aliphatic heterocycles. The average Bonchev–Trinajstić information content (AvgIpc) is 2.55. The second kappa shape index (κ2) is 8.44. The van der Waals surface area contributed by atoms with Gasteiger partial charge in [-0.1, -0.05) is 29.8 Å². The summed E-state index contributed by atoms with van der Waals surface area (Å²) in [6, 6.07) is 14.7. The maximum absolute atomic E-state index is 11.8. The zero-order valence-electron chi connectivity index (χ0n) is 13.0. The molecule has 0 radical (unpaired) electrons. The molecule has 23 heavy (non-hydrogen) atoms. The number of carbonyl (C=O) groups is 1. The van der Waals surface area contributed by atoms with Gasteiger partial charge < -0.3 is 15.2 Å². The number of nitrogens with two attached hydrogens (primary N) is 1. The van der Waals surface area contributed by atoms with Gasteiger partial charge >= 0.3 is 0 Å². The molecule has 2 aromatic rings. The number of rotatable bonds is 8. The summed E-state index contributed by atoms with van der Waals surface area (Å²) < 4.78 is 11.0. The van der Waals surface area contributed by atoms with Crippen LogP contribution in [0, 0.1) is 0 Å². The lowest BCUT2D eigenvalue weighted by Gasteiger charge is -2.17. The van der Waals surface area contributed by atoms with Gasteiger partial charge in [-0.3, -0.25) is 4.79 Å². The van der Waals surface area contributed by atoms with Crippen molar-refractivity contribution in [2.75, 3.05) is 13.7 Å². The minimum Gasteiger partial charge on any atom is -0.496 e. The van der Waals surface area contributed by atoms with E-state index >= 15 is 0 Å². The standard InChI is InChI=1S/C18H20ClNO3/c1-22-17-10-9-13(19)12-16(17)15(18(20)21)8-5-11-23-14-6-3-2-4-7-14/h2-4,6-7,9-10,12,15H,5,8,11H2,1H3,(H2,20,21). The van der Waals surface area contributed by atoms with Crippen LogP contribution in [0.5, 0.6) is 11.5 Å². The van der Waals surface area contributed by atoms with Crippen LogP contribution in [0.4, 0.5) is 0 Å². The Labute approximate surface area is 141 Å². The summed E-state index contributed by atoms with van der Waals surface area (Å²) in [5.41, 5.74) is 6.27. The van der Waals surface area contributed by atoms with Crippen molar-refractivity contribution in [3.05, 3.63) is 59.1 Å². The molecule has 2 N–H and O–H groups in total. The first-order valence-electron chi connectivity index (χ1n) is 7.42. The highest BCUT2D eigenvalue weighted by molar-refractivity contribution is 6.30. The number of halogens is 1. The third-order valence-electron chi connectivity index (χ3n) is 3.56. The fourth-order valence-corrected chi connectivity index (χ4v) is 2.60. The van der Waals surface area contributed by atoms with Crippen molar-refractivity contribution < 1.29 is 14.3 Å². The molecule has 122 valence electrons. The van der Waals surface area contributed by atoms with Gasteiger partial charge in [-0.2, -0.15) is 0 Å². The summed E-state index contributed by atoms with van der Waals surface area (Å²) in [5.74, 6) is 0.568. The fraction of sp³-hybridized carbons (Fsp3) is 0.278. The topological polar surface area (TPSA) is 61.6 Å². The smallest absolute Gasteiger partial charge is 0.225 e. The molecule has 1 atom stereocenters. The van der Waals surface area contributed by atoms with Crippen molar-refractivity contribution in [1.82, 2.24) is 0 Å². The number of carbonyl (C=O) groups excluding carboxylic acids is 1. The van der Waals surface area contributed by atoms with Crippen LogP contribution in [-0.2, 0) is 4.79 Å². The molecule has 0 aliphatic carbocycles. The maximum Gasteiger partial charge on any atom is 0.225 e. The maximum atomic E-state index is 11.8. The molecular formula is C18H20ClNO3. The van der Waals surface area contributed by atoms with E-state index in [2.05, 4.69) is 0 Å². The van der Waals surface area contributed by atoms with Crippen molar-refractivity contribution in [3.63, 3.8) is 0 Å².